The summed E-state index contributed by atoms with van der Waals surface area (Å²) in [5.41, 5.74) is 11.8. The molecule has 3 rings (SSSR count). The highest BCUT2D eigenvalue weighted by Crippen LogP contribution is 2.23. The number of rotatable bonds is 10. The lowest BCUT2D eigenvalue weighted by Crippen LogP contribution is -2.30. The molecule has 6 N–H and O–H groups in total. The summed E-state index contributed by atoms with van der Waals surface area (Å²) in [6, 6.07) is 14.5. The van der Waals surface area contributed by atoms with E-state index in [9.17, 15) is 4.39 Å². The fraction of sp³-hybridized carbons (Fsp3) is 0.321. The normalized spacial score (nSPS) is 11.1. The molecule has 1 heterocycles. The topological polar surface area (TPSA) is 100 Å². The van der Waals surface area contributed by atoms with Crippen LogP contribution in [0.25, 0.3) is 16.6 Å². The van der Waals surface area contributed by atoms with Crippen LogP contribution in [0, 0.1) is 5.82 Å². The summed E-state index contributed by atoms with van der Waals surface area (Å²) >= 11 is 0. The molecule has 35 heavy (non-hydrogen) atoms. The van der Waals surface area contributed by atoms with Gasteiger partial charge in [0, 0.05) is 30.4 Å². The zero-order valence-electron chi connectivity index (χ0n) is 21.0. The van der Waals surface area contributed by atoms with Crippen molar-refractivity contribution in [1.82, 2.24) is 15.3 Å². The molecule has 7 heteroatoms. The first kappa shape index (κ1) is 27.8. The molecule has 3 aromatic rings. The van der Waals surface area contributed by atoms with E-state index in [1.54, 1.807) is 5.01 Å². The lowest BCUT2D eigenvalue weighted by atomic mass is 10.0. The van der Waals surface area contributed by atoms with Crippen molar-refractivity contribution in [3.8, 4) is 0 Å². The molecule has 0 aliphatic heterocycles. The van der Waals surface area contributed by atoms with Gasteiger partial charge in [-0.3, -0.25) is 0 Å². The zero-order valence-corrected chi connectivity index (χ0v) is 21.0. The predicted octanol–water partition coefficient (Wildman–Crippen LogP) is 4.97. The summed E-state index contributed by atoms with van der Waals surface area (Å²) in [5, 5.41) is 14.6. The Morgan fingerprint density at radius 1 is 1.14 bits per heavy atom. The standard InChI is InChI=1S/C16H19FN2.C12H19N3O/c1-4-5-6-12-9-15(11(2)18-3)19-16-10-13(17)7-8-14(12)16;1-2-12(7-13)15(14)8-10-3-5-11(9-16)6-4-10/h7-10,18H,2,4-6H2,1,3H3;3-7,16H,2,8-9,13-14H2,1H3/b;12-7+. The largest absolute Gasteiger partial charge is 0.403 e. The predicted molar refractivity (Wildman–Crippen MR) is 143 cm³/mol. The molecular formula is C28H38FN5O. The van der Waals surface area contributed by atoms with Gasteiger partial charge in [0.15, 0.2) is 0 Å². The molecule has 0 spiro atoms. The summed E-state index contributed by atoms with van der Waals surface area (Å²) in [6.07, 6.45) is 5.56. The van der Waals surface area contributed by atoms with E-state index in [-0.39, 0.29) is 12.4 Å². The summed E-state index contributed by atoms with van der Waals surface area (Å²) in [7, 11) is 1.81. The molecular weight excluding hydrogens is 441 g/mol. The van der Waals surface area contributed by atoms with E-state index in [2.05, 4.69) is 29.9 Å². The monoisotopic (exact) mass is 479 g/mol. The van der Waals surface area contributed by atoms with E-state index in [1.807, 2.05) is 44.3 Å². The minimum atomic E-state index is -0.256. The molecule has 2 aromatic carbocycles. The molecule has 0 saturated carbocycles. The molecule has 0 radical (unpaired) electrons. The second-order valence-corrected chi connectivity index (χ2v) is 8.27. The number of fused-ring (bicyclic) bond motifs is 1. The van der Waals surface area contributed by atoms with E-state index < -0.39 is 0 Å². The van der Waals surface area contributed by atoms with Gasteiger partial charge in [-0.15, -0.1) is 0 Å². The van der Waals surface area contributed by atoms with Gasteiger partial charge in [-0.2, -0.15) is 0 Å². The Hall–Kier alpha value is -3.42. The maximum Gasteiger partial charge on any atom is 0.125 e. The minimum Gasteiger partial charge on any atom is -0.403 e. The number of aliphatic hydroxyl groups excluding tert-OH is 1. The number of unbranched alkanes of at least 4 members (excludes halogenated alkanes) is 1. The van der Waals surface area contributed by atoms with Crippen LogP contribution in [0.4, 0.5) is 4.39 Å². The molecule has 0 aliphatic rings. The number of hydrogen-bond donors (Lipinski definition) is 4. The number of aryl methyl sites for hydroxylation is 1. The number of nitrogens with zero attached hydrogens (tertiary/aromatic N) is 2. The van der Waals surface area contributed by atoms with Gasteiger partial charge in [0.1, 0.15) is 5.82 Å². The summed E-state index contributed by atoms with van der Waals surface area (Å²) < 4.78 is 13.4. The van der Waals surface area contributed by atoms with Crippen LogP contribution in [0.15, 0.2) is 67.0 Å². The van der Waals surface area contributed by atoms with E-state index in [0.717, 1.165) is 59.3 Å². The van der Waals surface area contributed by atoms with Crippen molar-refractivity contribution >= 4 is 16.6 Å². The number of pyridine rings is 1. The van der Waals surface area contributed by atoms with Crippen LogP contribution in [-0.2, 0) is 19.6 Å². The molecule has 0 aliphatic carbocycles. The van der Waals surface area contributed by atoms with Gasteiger partial charge in [-0.05, 0) is 54.2 Å². The van der Waals surface area contributed by atoms with Gasteiger partial charge in [0.05, 0.1) is 30.1 Å². The van der Waals surface area contributed by atoms with Crippen LogP contribution in [0.1, 0.15) is 55.5 Å². The number of hydrogen-bond acceptors (Lipinski definition) is 6. The Balaban J connectivity index is 0.000000251. The maximum absolute atomic E-state index is 13.4. The fourth-order valence-corrected chi connectivity index (χ4v) is 3.60. The third-order valence-corrected chi connectivity index (χ3v) is 5.75. The van der Waals surface area contributed by atoms with Crippen LogP contribution in [-0.4, -0.2) is 22.1 Å². The van der Waals surface area contributed by atoms with E-state index in [0.29, 0.717) is 12.1 Å². The van der Waals surface area contributed by atoms with Gasteiger partial charge >= 0.3 is 0 Å². The first-order valence-electron chi connectivity index (χ1n) is 11.9. The summed E-state index contributed by atoms with van der Waals surface area (Å²) in [4.78, 5) is 4.47. The lowest BCUT2D eigenvalue weighted by molar-refractivity contribution is 0.281. The molecule has 0 fully saturated rings. The molecule has 0 bridgehead atoms. The van der Waals surface area contributed by atoms with Crippen LogP contribution < -0.4 is 16.9 Å². The smallest absolute Gasteiger partial charge is 0.125 e. The van der Waals surface area contributed by atoms with Gasteiger partial charge < -0.3 is 21.2 Å². The minimum absolute atomic E-state index is 0.0650. The number of nitrogens with two attached hydrogens (primary N) is 2. The average molecular weight is 480 g/mol. The number of hydrazine groups is 1. The molecule has 0 atom stereocenters. The van der Waals surface area contributed by atoms with Crippen molar-refractivity contribution < 1.29 is 9.50 Å². The van der Waals surface area contributed by atoms with Crippen molar-refractivity contribution in [3.05, 3.63) is 95.2 Å². The molecule has 1 aromatic heterocycles. The first-order chi connectivity index (χ1) is 16.9. The van der Waals surface area contributed by atoms with E-state index in [4.69, 9.17) is 16.7 Å². The highest BCUT2D eigenvalue weighted by molar-refractivity contribution is 5.84. The molecule has 0 saturated heterocycles. The van der Waals surface area contributed by atoms with Crippen LogP contribution in [0.5, 0.6) is 0 Å². The number of aliphatic hydroxyl groups is 1. The number of allylic oxidation sites excluding steroid dienone is 1. The Morgan fingerprint density at radius 2 is 1.83 bits per heavy atom. The Morgan fingerprint density at radius 3 is 2.40 bits per heavy atom. The van der Waals surface area contributed by atoms with Crippen LogP contribution in [0.2, 0.25) is 0 Å². The number of benzene rings is 2. The lowest BCUT2D eigenvalue weighted by Gasteiger charge is -2.20. The highest BCUT2D eigenvalue weighted by atomic mass is 19.1. The van der Waals surface area contributed by atoms with E-state index >= 15 is 0 Å². The van der Waals surface area contributed by atoms with Crippen LogP contribution >= 0.6 is 0 Å². The SMILES string of the molecule is C=C(NC)c1cc(CCCC)c2ccc(F)cc2n1.CC/C(=C\N)N(N)Cc1ccc(CO)cc1. The van der Waals surface area contributed by atoms with Gasteiger partial charge in [-0.25, -0.2) is 15.2 Å². The van der Waals surface area contributed by atoms with Crippen molar-refractivity contribution in [2.45, 2.75) is 52.7 Å². The van der Waals surface area contributed by atoms with Crippen molar-refractivity contribution in [3.63, 3.8) is 0 Å². The van der Waals surface area contributed by atoms with Gasteiger partial charge in [0.2, 0.25) is 0 Å². The maximum atomic E-state index is 13.4. The van der Waals surface area contributed by atoms with Crippen LogP contribution in [0.3, 0.4) is 0 Å². The van der Waals surface area contributed by atoms with Crippen molar-refractivity contribution in [2.24, 2.45) is 11.6 Å². The van der Waals surface area contributed by atoms with Crippen molar-refractivity contribution in [2.75, 3.05) is 7.05 Å². The molecule has 0 amide bonds. The second kappa shape index (κ2) is 14.1. The van der Waals surface area contributed by atoms with Gasteiger partial charge in [-0.1, -0.05) is 51.1 Å². The average Bonchev–Trinajstić information content (AvgIpc) is 2.87. The second-order valence-electron chi connectivity index (χ2n) is 8.27. The number of aromatic nitrogens is 1. The Kier molecular flexibility index (Phi) is 11.2. The quantitative estimate of drug-likeness (QED) is 0.242. The summed E-state index contributed by atoms with van der Waals surface area (Å²) in [6.45, 7) is 8.78. The Bertz CT molecular complexity index is 1130. The zero-order chi connectivity index (χ0) is 25.8. The molecule has 188 valence electrons. The van der Waals surface area contributed by atoms with Gasteiger partial charge in [0.25, 0.3) is 0 Å². The Labute approximate surface area is 208 Å². The fourth-order valence-electron chi connectivity index (χ4n) is 3.60. The molecule has 0 unspecified atom stereocenters. The summed E-state index contributed by atoms with van der Waals surface area (Å²) in [5.74, 6) is 5.62. The molecule has 6 nitrogen and oxygen atoms in total. The first-order valence-corrected chi connectivity index (χ1v) is 11.9. The third-order valence-electron chi connectivity index (χ3n) is 5.75. The highest BCUT2D eigenvalue weighted by Gasteiger charge is 2.08. The van der Waals surface area contributed by atoms with E-state index in [1.165, 1.54) is 23.9 Å². The number of halogens is 1. The number of nitrogens with one attached hydrogen (secondary N) is 1. The third kappa shape index (κ3) is 8.09. The van der Waals surface area contributed by atoms with Crippen molar-refractivity contribution in [1.29, 1.82) is 0 Å².